The van der Waals surface area contributed by atoms with Crippen molar-refractivity contribution in [3.8, 4) is 5.75 Å². The van der Waals surface area contributed by atoms with Gasteiger partial charge in [-0.1, -0.05) is 27.2 Å². The number of benzene rings is 1. The van der Waals surface area contributed by atoms with E-state index in [2.05, 4.69) is 4.90 Å². The van der Waals surface area contributed by atoms with Gasteiger partial charge in [0.25, 0.3) is 0 Å². The van der Waals surface area contributed by atoms with Crippen molar-refractivity contribution in [2.45, 2.75) is 71.4 Å². The molecule has 3 aliphatic carbocycles. The molecule has 6 atom stereocenters. The van der Waals surface area contributed by atoms with Crippen molar-refractivity contribution < 1.29 is 36.9 Å². The molecule has 38 heavy (non-hydrogen) atoms. The standard InChI is InChI=1S/C29H40F3NO5/c1-28(2,3)27(37-24-17-19-15-22(24)21-6-4-5-20(19)21)38-25-16-18(7-8-23(25)29(30,31)32)26(34)36-14-11-33-9-12-35-13-10-33/h7-8,16,19-22,24,27H,4-6,9-15,17H2,1-3H3. The quantitative estimate of drug-likeness (QED) is 0.308. The third kappa shape index (κ3) is 5.99. The van der Waals surface area contributed by atoms with E-state index in [0.717, 1.165) is 50.0 Å². The van der Waals surface area contributed by atoms with Crippen LogP contribution >= 0.6 is 0 Å². The van der Waals surface area contributed by atoms with Gasteiger partial charge in [0, 0.05) is 25.0 Å². The van der Waals surface area contributed by atoms with Crippen molar-refractivity contribution in [1.82, 2.24) is 4.90 Å². The molecule has 0 radical (unpaired) electrons. The number of rotatable bonds is 8. The number of ether oxygens (including phenoxy) is 4. The Kier molecular flexibility index (Phi) is 8.00. The van der Waals surface area contributed by atoms with Gasteiger partial charge in [-0.05, 0) is 67.6 Å². The van der Waals surface area contributed by atoms with Gasteiger partial charge in [0.2, 0.25) is 6.29 Å². The number of hydrogen-bond donors (Lipinski definition) is 0. The molecule has 1 aromatic rings. The molecule has 5 rings (SSSR count). The molecule has 0 amide bonds. The second-order valence-electron chi connectivity index (χ2n) is 12.4. The summed E-state index contributed by atoms with van der Waals surface area (Å²) in [6.07, 6.45) is 0.341. The van der Waals surface area contributed by atoms with E-state index in [1.165, 1.54) is 19.3 Å². The Bertz CT molecular complexity index is 987. The van der Waals surface area contributed by atoms with Crippen LogP contribution in [0.3, 0.4) is 0 Å². The molecule has 212 valence electrons. The fourth-order valence-corrected chi connectivity index (χ4v) is 7.00. The lowest BCUT2D eigenvalue weighted by molar-refractivity contribution is -0.191. The second-order valence-corrected chi connectivity index (χ2v) is 12.4. The van der Waals surface area contributed by atoms with Gasteiger partial charge in [0.05, 0.1) is 30.4 Å². The van der Waals surface area contributed by atoms with Gasteiger partial charge >= 0.3 is 12.1 Å². The maximum absolute atomic E-state index is 14.0. The third-order valence-electron chi connectivity index (χ3n) is 8.87. The Hall–Kier alpha value is -1.84. The maximum Gasteiger partial charge on any atom is 0.419 e. The zero-order chi connectivity index (χ0) is 27.1. The SMILES string of the molecule is CC(C)(C)C(Oc1cc(C(=O)OCCN2CCOCC2)ccc1C(F)(F)F)OC1CC2CC1C1CCCC21. The fourth-order valence-electron chi connectivity index (χ4n) is 7.00. The van der Waals surface area contributed by atoms with Crippen molar-refractivity contribution in [2.24, 2.45) is 29.1 Å². The summed E-state index contributed by atoms with van der Waals surface area (Å²) in [6.45, 7) is 9.19. The number of carbonyl (C=O) groups is 1. The molecule has 0 aromatic heterocycles. The molecular formula is C29H40F3NO5. The normalized spacial score (nSPS) is 30.3. The van der Waals surface area contributed by atoms with Crippen molar-refractivity contribution in [3.05, 3.63) is 29.3 Å². The molecule has 0 spiro atoms. The number of morpholine rings is 1. The first-order valence-corrected chi connectivity index (χ1v) is 14.0. The molecule has 1 aliphatic heterocycles. The third-order valence-corrected chi connectivity index (χ3v) is 8.87. The molecular weight excluding hydrogens is 499 g/mol. The summed E-state index contributed by atoms with van der Waals surface area (Å²) < 4.78 is 65.1. The summed E-state index contributed by atoms with van der Waals surface area (Å²) in [5.41, 5.74) is -1.48. The average molecular weight is 540 g/mol. The van der Waals surface area contributed by atoms with E-state index >= 15 is 0 Å². The van der Waals surface area contributed by atoms with Crippen LogP contribution in [-0.4, -0.2) is 62.7 Å². The van der Waals surface area contributed by atoms with E-state index in [1.807, 2.05) is 20.8 Å². The highest BCUT2D eigenvalue weighted by Gasteiger charge is 2.55. The first kappa shape index (κ1) is 27.7. The molecule has 9 heteroatoms. The van der Waals surface area contributed by atoms with E-state index in [4.69, 9.17) is 18.9 Å². The highest BCUT2D eigenvalue weighted by Crippen LogP contribution is 2.59. The first-order chi connectivity index (χ1) is 18.0. The molecule has 2 bridgehead atoms. The lowest BCUT2D eigenvalue weighted by Gasteiger charge is -2.38. The van der Waals surface area contributed by atoms with Crippen LogP contribution in [0.15, 0.2) is 18.2 Å². The Morgan fingerprint density at radius 1 is 1.08 bits per heavy atom. The van der Waals surface area contributed by atoms with Crippen molar-refractivity contribution in [1.29, 1.82) is 0 Å². The summed E-state index contributed by atoms with van der Waals surface area (Å²) in [6, 6.07) is 3.19. The number of halogens is 3. The number of alkyl halides is 3. The van der Waals surface area contributed by atoms with Gasteiger partial charge in [-0.15, -0.1) is 0 Å². The topological polar surface area (TPSA) is 57.2 Å². The van der Waals surface area contributed by atoms with Gasteiger partial charge in [0.15, 0.2) is 0 Å². The molecule has 1 saturated heterocycles. The van der Waals surface area contributed by atoms with Gasteiger partial charge in [-0.2, -0.15) is 13.2 Å². The second kappa shape index (κ2) is 11.0. The lowest BCUT2D eigenvalue weighted by atomic mass is 9.80. The largest absolute Gasteiger partial charge is 0.464 e. The number of fused-ring (bicyclic) bond motifs is 5. The van der Waals surface area contributed by atoms with Crippen LogP contribution in [0.25, 0.3) is 0 Å². The average Bonchev–Trinajstić information content (AvgIpc) is 3.57. The van der Waals surface area contributed by atoms with Gasteiger partial charge < -0.3 is 18.9 Å². The van der Waals surface area contributed by atoms with Gasteiger partial charge in [-0.25, -0.2) is 4.79 Å². The Morgan fingerprint density at radius 2 is 1.82 bits per heavy atom. The monoisotopic (exact) mass is 539 g/mol. The minimum absolute atomic E-state index is 0.00810. The molecule has 3 saturated carbocycles. The number of nitrogens with zero attached hydrogens (tertiary/aromatic N) is 1. The van der Waals surface area contributed by atoms with Crippen LogP contribution in [-0.2, 0) is 20.4 Å². The molecule has 1 aromatic carbocycles. The molecule has 4 aliphatic rings. The predicted molar refractivity (Wildman–Crippen MR) is 135 cm³/mol. The van der Waals surface area contributed by atoms with E-state index < -0.39 is 35.2 Å². The lowest BCUT2D eigenvalue weighted by Crippen LogP contribution is -2.42. The van der Waals surface area contributed by atoms with Crippen LogP contribution in [0.4, 0.5) is 13.2 Å². The van der Waals surface area contributed by atoms with Crippen molar-refractivity contribution in [2.75, 3.05) is 39.5 Å². The van der Waals surface area contributed by atoms with Crippen molar-refractivity contribution >= 4 is 5.97 Å². The smallest absolute Gasteiger partial charge is 0.419 e. The Labute approximate surface area is 223 Å². The molecule has 6 unspecified atom stereocenters. The van der Waals surface area contributed by atoms with Gasteiger partial charge in [-0.3, -0.25) is 4.90 Å². The number of carbonyl (C=O) groups excluding carboxylic acids is 1. The number of hydrogen-bond acceptors (Lipinski definition) is 6. The molecule has 0 N–H and O–H groups in total. The van der Waals surface area contributed by atoms with Crippen LogP contribution in [0, 0.1) is 29.1 Å². The fraction of sp³-hybridized carbons (Fsp3) is 0.759. The van der Waals surface area contributed by atoms with Crippen LogP contribution in [0.1, 0.15) is 68.8 Å². The van der Waals surface area contributed by atoms with Crippen LogP contribution in [0.5, 0.6) is 5.75 Å². The predicted octanol–water partition coefficient (Wildman–Crippen LogP) is 5.79. The Balaban J connectivity index is 1.29. The summed E-state index contributed by atoms with van der Waals surface area (Å²) in [5.74, 6) is 1.49. The zero-order valence-electron chi connectivity index (χ0n) is 22.6. The summed E-state index contributed by atoms with van der Waals surface area (Å²) in [7, 11) is 0. The van der Waals surface area contributed by atoms with E-state index in [-0.39, 0.29) is 18.3 Å². The van der Waals surface area contributed by atoms with E-state index in [1.54, 1.807) is 0 Å². The maximum atomic E-state index is 14.0. The highest BCUT2D eigenvalue weighted by molar-refractivity contribution is 5.90. The zero-order valence-corrected chi connectivity index (χ0v) is 22.6. The van der Waals surface area contributed by atoms with E-state index in [0.29, 0.717) is 37.5 Å². The van der Waals surface area contributed by atoms with Crippen molar-refractivity contribution in [3.63, 3.8) is 0 Å². The first-order valence-electron chi connectivity index (χ1n) is 14.0. The van der Waals surface area contributed by atoms with Crippen LogP contribution in [0.2, 0.25) is 0 Å². The summed E-state index contributed by atoms with van der Waals surface area (Å²) in [4.78, 5) is 14.8. The minimum atomic E-state index is -4.64. The number of esters is 1. The molecule has 1 heterocycles. The van der Waals surface area contributed by atoms with Gasteiger partial charge in [0.1, 0.15) is 12.4 Å². The summed E-state index contributed by atoms with van der Waals surface area (Å²) in [5, 5.41) is 0. The Morgan fingerprint density at radius 3 is 2.53 bits per heavy atom. The minimum Gasteiger partial charge on any atom is -0.464 e. The van der Waals surface area contributed by atoms with Crippen LogP contribution < -0.4 is 4.74 Å². The molecule has 4 fully saturated rings. The summed E-state index contributed by atoms with van der Waals surface area (Å²) >= 11 is 0. The van der Waals surface area contributed by atoms with E-state index in [9.17, 15) is 18.0 Å². The highest BCUT2D eigenvalue weighted by atomic mass is 19.4. The molecule has 6 nitrogen and oxygen atoms in total.